The summed E-state index contributed by atoms with van der Waals surface area (Å²) in [6, 6.07) is 0. The van der Waals surface area contributed by atoms with Crippen molar-refractivity contribution in [2.75, 3.05) is 28.2 Å². The molecule has 12 heteroatoms. The fourth-order valence-corrected chi connectivity index (χ4v) is 17.6. The van der Waals surface area contributed by atoms with Crippen molar-refractivity contribution in [1.82, 2.24) is 29.7 Å². The smallest absolute Gasteiger partial charge is 0.220 e. The van der Waals surface area contributed by atoms with Crippen molar-refractivity contribution in [2.24, 2.45) is 13.5 Å². The monoisotopic (exact) mass is 511 g/mol. The van der Waals surface area contributed by atoms with Gasteiger partial charge in [-0.1, -0.05) is 0 Å². The van der Waals surface area contributed by atoms with Gasteiger partial charge in [0.2, 0.25) is 22.5 Å². The molecule has 0 saturated heterocycles. The Morgan fingerprint density at radius 3 is 0.906 bits per heavy atom. The second-order valence-electron chi connectivity index (χ2n) is 13.1. The molecule has 0 unspecified atom stereocenters. The third-order valence-corrected chi connectivity index (χ3v) is 15.9. The molecule has 0 aromatic carbocycles. The number of rotatable bonds is 6. The highest BCUT2D eigenvalue weighted by Crippen LogP contribution is 2.76. The zero-order valence-electron chi connectivity index (χ0n) is 23.6. The molecule has 0 amide bonds. The summed E-state index contributed by atoms with van der Waals surface area (Å²) in [4.78, 5) is 0. The molecule has 1 aliphatic heterocycles. The van der Waals surface area contributed by atoms with Crippen molar-refractivity contribution in [3.63, 3.8) is 0 Å². The fourth-order valence-electron chi connectivity index (χ4n) is 3.37. The van der Waals surface area contributed by atoms with Crippen molar-refractivity contribution in [3.05, 3.63) is 0 Å². The lowest BCUT2D eigenvalue weighted by molar-refractivity contribution is 0.484. The van der Waals surface area contributed by atoms with Gasteiger partial charge in [0.25, 0.3) is 0 Å². The first-order valence-corrected chi connectivity index (χ1v) is 16.3. The van der Waals surface area contributed by atoms with Crippen LogP contribution in [0.25, 0.3) is 0 Å². The molecule has 0 atom stereocenters. The van der Waals surface area contributed by atoms with Crippen LogP contribution in [0.2, 0.25) is 0 Å². The summed E-state index contributed by atoms with van der Waals surface area (Å²) in [5.41, 5.74) is -0.763. The molecule has 1 heterocycles. The molecule has 192 valence electrons. The van der Waals surface area contributed by atoms with Crippen LogP contribution in [0.1, 0.15) is 83.1 Å². The molecule has 0 aliphatic carbocycles. The first kappa shape index (κ1) is 30.5. The SMILES string of the molecule is CN(C)P1(N(C)C)=NP(NC(C)(C)C)(NC(C)(C)C)=NP(NC(C)(C)C)(NC(C)(C)C)=N1. The molecule has 4 N–H and O–H groups in total. The van der Waals surface area contributed by atoms with Crippen LogP contribution >= 0.6 is 22.5 Å². The van der Waals surface area contributed by atoms with E-state index in [9.17, 15) is 0 Å². The van der Waals surface area contributed by atoms with Gasteiger partial charge in [0.05, 0.1) is 0 Å². The van der Waals surface area contributed by atoms with Crippen molar-refractivity contribution in [1.29, 1.82) is 0 Å². The molecule has 1 rings (SSSR count). The predicted molar refractivity (Wildman–Crippen MR) is 147 cm³/mol. The topological polar surface area (TPSA) is 91.7 Å². The van der Waals surface area contributed by atoms with Gasteiger partial charge in [-0.3, -0.25) is 0 Å². The van der Waals surface area contributed by atoms with Crippen molar-refractivity contribution in [2.45, 2.75) is 105 Å². The minimum atomic E-state index is -2.61. The highest BCUT2D eigenvalue weighted by Gasteiger charge is 2.44. The zero-order chi connectivity index (χ0) is 25.6. The van der Waals surface area contributed by atoms with Gasteiger partial charge < -0.3 is 0 Å². The van der Waals surface area contributed by atoms with Crippen molar-refractivity contribution >= 4 is 22.5 Å². The van der Waals surface area contributed by atoms with Crippen LogP contribution in [-0.4, -0.2) is 59.7 Å². The van der Waals surface area contributed by atoms with Crippen LogP contribution in [0, 0.1) is 0 Å². The zero-order valence-corrected chi connectivity index (χ0v) is 26.3. The second kappa shape index (κ2) is 9.48. The van der Waals surface area contributed by atoms with E-state index < -0.39 is 22.5 Å². The molecular formula is C20H52N9P3. The summed E-state index contributed by atoms with van der Waals surface area (Å²) in [5, 5.41) is 15.4. The average Bonchev–Trinajstić information content (AvgIpc) is 2.36. The van der Waals surface area contributed by atoms with Gasteiger partial charge in [-0.25, -0.2) is 29.7 Å². The fraction of sp³-hybridized carbons (Fsp3) is 1.00. The van der Waals surface area contributed by atoms with E-state index in [0.717, 1.165) is 0 Å². The molecule has 0 saturated carbocycles. The minimum Gasteiger partial charge on any atom is -0.248 e. The van der Waals surface area contributed by atoms with Crippen molar-refractivity contribution in [3.8, 4) is 0 Å². The van der Waals surface area contributed by atoms with Crippen LogP contribution in [0.4, 0.5) is 0 Å². The Morgan fingerprint density at radius 1 is 0.438 bits per heavy atom. The van der Waals surface area contributed by atoms with Gasteiger partial charge in [0.1, 0.15) is 0 Å². The third-order valence-electron chi connectivity index (χ3n) is 3.80. The molecule has 0 aromatic rings. The number of hydrogen-bond donors (Lipinski definition) is 4. The van der Waals surface area contributed by atoms with Crippen LogP contribution < -0.4 is 20.3 Å². The highest BCUT2D eigenvalue weighted by atomic mass is 31.3. The number of nitrogens with zero attached hydrogens (tertiary/aromatic N) is 5. The standard InChI is InChI=1S/C20H52N9P3/c1-17(2,3)21-30(22-18(4,5)6)25-31(23-19(7,8)9,24-20(10,11)12)27-32(26-30,28(13)14)29(15)16/h21-24H,1-16H3. The van der Waals surface area contributed by atoms with Crippen LogP contribution in [-0.2, 0) is 0 Å². The molecule has 1 aliphatic rings. The lowest BCUT2D eigenvalue weighted by Gasteiger charge is -2.47. The molecule has 0 aromatic heterocycles. The van der Waals surface area contributed by atoms with E-state index in [4.69, 9.17) is 13.5 Å². The Morgan fingerprint density at radius 2 is 0.688 bits per heavy atom. The third kappa shape index (κ3) is 8.91. The molecular weight excluding hydrogens is 459 g/mol. The van der Waals surface area contributed by atoms with E-state index in [2.05, 4.69) is 141 Å². The van der Waals surface area contributed by atoms with Gasteiger partial charge in [0, 0.05) is 22.2 Å². The van der Waals surface area contributed by atoms with Gasteiger partial charge in [-0.2, -0.15) is 13.5 Å². The largest absolute Gasteiger partial charge is 0.248 e. The van der Waals surface area contributed by atoms with E-state index in [1.807, 2.05) is 0 Å². The minimum absolute atomic E-state index is 0.191. The quantitative estimate of drug-likeness (QED) is 0.304. The molecule has 9 nitrogen and oxygen atoms in total. The summed E-state index contributed by atoms with van der Waals surface area (Å²) < 4.78 is 21.0. The summed E-state index contributed by atoms with van der Waals surface area (Å²) >= 11 is 0. The van der Waals surface area contributed by atoms with E-state index >= 15 is 0 Å². The van der Waals surface area contributed by atoms with Crippen LogP contribution in [0.15, 0.2) is 13.5 Å². The Balaban J connectivity index is 4.28. The molecule has 32 heavy (non-hydrogen) atoms. The maximum Gasteiger partial charge on any atom is 0.220 e. The number of hydrogen-bond acceptors (Lipinski definition) is 9. The van der Waals surface area contributed by atoms with Crippen LogP contribution in [0.5, 0.6) is 0 Å². The summed E-state index contributed by atoms with van der Waals surface area (Å²) in [7, 11) is 0.656. The van der Waals surface area contributed by atoms with E-state index in [1.165, 1.54) is 0 Å². The van der Waals surface area contributed by atoms with E-state index in [0.29, 0.717) is 0 Å². The highest BCUT2D eigenvalue weighted by molar-refractivity contribution is 7.83. The first-order chi connectivity index (χ1) is 13.8. The predicted octanol–water partition coefficient (Wildman–Crippen LogP) is 6.51. The molecule has 0 fully saturated rings. The Bertz CT molecular complexity index is 745. The Labute approximate surface area is 199 Å². The number of nitrogens with one attached hydrogen (secondary N) is 4. The van der Waals surface area contributed by atoms with E-state index in [1.54, 1.807) is 0 Å². The van der Waals surface area contributed by atoms with Gasteiger partial charge >= 0.3 is 0 Å². The molecule has 0 spiro atoms. The van der Waals surface area contributed by atoms with Gasteiger partial charge in [-0.15, -0.1) is 0 Å². The maximum atomic E-state index is 5.57. The maximum absolute atomic E-state index is 5.57. The summed E-state index contributed by atoms with van der Waals surface area (Å²) in [5.74, 6) is 0. The average molecular weight is 512 g/mol. The first-order valence-electron chi connectivity index (χ1n) is 11.3. The molecule has 0 radical (unpaired) electrons. The summed E-state index contributed by atoms with van der Waals surface area (Å²) in [6.45, 7) is 26.1. The second-order valence-corrected chi connectivity index (χ2v) is 21.3. The lowest BCUT2D eigenvalue weighted by atomic mass is 10.1. The Kier molecular flexibility index (Phi) is 9.03. The van der Waals surface area contributed by atoms with Crippen molar-refractivity contribution < 1.29 is 0 Å². The van der Waals surface area contributed by atoms with E-state index in [-0.39, 0.29) is 22.2 Å². The normalized spacial score (nSPS) is 21.2. The van der Waals surface area contributed by atoms with Crippen LogP contribution in [0.3, 0.4) is 0 Å². The lowest BCUT2D eigenvalue weighted by Crippen LogP contribution is -2.46. The Hall–Kier alpha value is 0.450. The summed E-state index contributed by atoms with van der Waals surface area (Å²) in [6.07, 6.45) is 0. The van der Waals surface area contributed by atoms with Gasteiger partial charge in [-0.05, 0) is 111 Å². The molecule has 0 bridgehead atoms. The van der Waals surface area contributed by atoms with Gasteiger partial charge in [0.15, 0.2) is 0 Å².